The molecule has 6 nitrogen and oxygen atoms in total. The Labute approximate surface area is 147 Å². The maximum Gasteiger partial charge on any atom is 0.198 e. The molecule has 25 heavy (non-hydrogen) atoms. The highest BCUT2D eigenvalue weighted by Crippen LogP contribution is 2.42. The van der Waals surface area contributed by atoms with Crippen LogP contribution in [0.1, 0.15) is 59.3 Å². The van der Waals surface area contributed by atoms with Crippen LogP contribution in [0.4, 0.5) is 5.69 Å². The summed E-state index contributed by atoms with van der Waals surface area (Å²) < 4.78 is 29.4. The average molecular weight is 362 g/mol. The fourth-order valence-electron chi connectivity index (χ4n) is 2.92. The molecule has 1 N–H and O–H groups in total. The number of anilines is 1. The van der Waals surface area contributed by atoms with E-state index < -0.39 is 9.84 Å². The molecule has 0 aliphatic heterocycles. The van der Waals surface area contributed by atoms with E-state index in [0.717, 1.165) is 19.3 Å². The van der Waals surface area contributed by atoms with Crippen molar-refractivity contribution in [2.24, 2.45) is 0 Å². The molecule has 1 saturated carbocycles. The van der Waals surface area contributed by atoms with Crippen molar-refractivity contribution in [3.05, 3.63) is 40.8 Å². The topological polar surface area (TPSA) is 89.3 Å². The van der Waals surface area contributed by atoms with E-state index in [0.29, 0.717) is 34.7 Å². The zero-order chi connectivity index (χ0) is 18.2. The molecule has 0 amide bonds. The summed E-state index contributed by atoms with van der Waals surface area (Å²) in [4.78, 5) is 13.2. The third-order valence-electron chi connectivity index (χ3n) is 4.41. The molecule has 0 bridgehead atoms. The molecule has 134 valence electrons. The predicted octanol–water partition coefficient (Wildman–Crippen LogP) is 3.32. The molecule has 1 aromatic heterocycles. The molecule has 1 aromatic carbocycles. The largest absolute Gasteiger partial charge is 0.384 e. The summed E-state index contributed by atoms with van der Waals surface area (Å²) >= 11 is 0. The first-order valence-corrected chi connectivity index (χ1v) is 10.3. The van der Waals surface area contributed by atoms with Gasteiger partial charge in [0.25, 0.3) is 0 Å². The van der Waals surface area contributed by atoms with E-state index in [1.165, 1.54) is 18.5 Å². The Hall–Kier alpha value is -2.15. The van der Waals surface area contributed by atoms with Crippen LogP contribution in [-0.2, 0) is 9.84 Å². The first-order chi connectivity index (χ1) is 11.8. The second-order valence-electron chi connectivity index (χ2n) is 6.52. The van der Waals surface area contributed by atoms with Gasteiger partial charge in [-0.15, -0.1) is 0 Å². The van der Waals surface area contributed by atoms with Crippen molar-refractivity contribution in [1.82, 2.24) is 5.16 Å². The van der Waals surface area contributed by atoms with E-state index in [4.69, 9.17) is 4.52 Å². The first-order valence-electron chi connectivity index (χ1n) is 8.41. The number of sulfone groups is 1. The molecule has 0 spiro atoms. The zero-order valence-electron chi connectivity index (χ0n) is 14.6. The number of ketones is 1. The van der Waals surface area contributed by atoms with Crippen LogP contribution in [0.5, 0.6) is 0 Å². The lowest BCUT2D eigenvalue weighted by Crippen LogP contribution is -2.13. The molecular formula is C18H22N2O4S. The average Bonchev–Trinajstić information content (AvgIpc) is 3.28. The van der Waals surface area contributed by atoms with Crippen LogP contribution < -0.4 is 5.32 Å². The van der Waals surface area contributed by atoms with Crippen molar-refractivity contribution >= 4 is 21.3 Å². The van der Waals surface area contributed by atoms with Gasteiger partial charge in [0.15, 0.2) is 21.4 Å². The number of carbonyl (C=O) groups is 1. The summed E-state index contributed by atoms with van der Waals surface area (Å²) in [6.07, 6.45) is 5.48. The van der Waals surface area contributed by atoms with Gasteiger partial charge in [-0.2, -0.15) is 0 Å². The Morgan fingerprint density at radius 1 is 1.32 bits per heavy atom. The molecule has 1 heterocycles. The lowest BCUT2D eigenvalue weighted by Gasteiger charge is -2.16. The SMILES string of the molecule is CCCNc1c(S(C)(=O)=O)ccc(C(=O)c2cnoc2C2CC2)c1C. The summed E-state index contributed by atoms with van der Waals surface area (Å²) in [5.41, 5.74) is 2.07. The van der Waals surface area contributed by atoms with Gasteiger partial charge in [-0.25, -0.2) is 8.42 Å². The molecule has 2 aromatic rings. The third-order valence-corrected chi connectivity index (χ3v) is 5.55. The van der Waals surface area contributed by atoms with Crippen LogP contribution >= 0.6 is 0 Å². The van der Waals surface area contributed by atoms with E-state index in [2.05, 4.69) is 10.5 Å². The summed E-state index contributed by atoms with van der Waals surface area (Å²) in [7, 11) is -3.40. The number of carbonyl (C=O) groups excluding carboxylic acids is 1. The van der Waals surface area contributed by atoms with Gasteiger partial charge >= 0.3 is 0 Å². The van der Waals surface area contributed by atoms with E-state index in [9.17, 15) is 13.2 Å². The predicted molar refractivity (Wildman–Crippen MR) is 95.0 cm³/mol. The standard InChI is InChI=1S/C18H22N2O4S/c1-4-9-19-16-11(2)13(7-8-15(16)25(3,22)23)17(21)14-10-20-24-18(14)12-5-6-12/h7-8,10,12,19H,4-6,9H2,1-3H3. The number of nitrogens with one attached hydrogen (secondary N) is 1. The van der Waals surface area contributed by atoms with Crippen molar-refractivity contribution in [3.8, 4) is 0 Å². The van der Waals surface area contributed by atoms with Gasteiger partial charge in [0.1, 0.15) is 0 Å². The van der Waals surface area contributed by atoms with Gasteiger partial charge < -0.3 is 9.84 Å². The minimum atomic E-state index is -3.40. The number of rotatable bonds is 7. The number of aromatic nitrogens is 1. The second-order valence-corrected chi connectivity index (χ2v) is 8.50. The molecule has 1 fully saturated rings. The lowest BCUT2D eigenvalue weighted by molar-refractivity contribution is 0.103. The van der Waals surface area contributed by atoms with E-state index in [1.807, 2.05) is 6.92 Å². The number of nitrogens with zero attached hydrogens (tertiary/aromatic N) is 1. The maximum atomic E-state index is 13.0. The van der Waals surface area contributed by atoms with Crippen molar-refractivity contribution in [2.75, 3.05) is 18.1 Å². The lowest BCUT2D eigenvalue weighted by atomic mass is 9.97. The fraction of sp³-hybridized carbons (Fsp3) is 0.444. The van der Waals surface area contributed by atoms with Gasteiger partial charge in [0, 0.05) is 24.3 Å². The van der Waals surface area contributed by atoms with Crippen LogP contribution in [0.25, 0.3) is 0 Å². The molecule has 3 rings (SSSR count). The molecule has 0 saturated heterocycles. The molecule has 7 heteroatoms. The zero-order valence-corrected chi connectivity index (χ0v) is 15.4. The normalized spacial score (nSPS) is 14.5. The minimum Gasteiger partial charge on any atom is -0.384 e. The highest BCUT2D eigenvalue weighted by Gasteiger charge is 2.33. The fourth-order valence-corrected chi connectivity index (χ4v) is 3.83. The molecule has 0 radical (unpaired) electrons. The van der Waals surface area contributed by atoms with Gasteiger partial charge in [-0.3, -0.25) is 4.79 Å². The van der Waals surface area contributed by atoms with Gasteiger partial charge in [-0.05, 0) is 43.9 Å². The quantitative estimate of drug-likeness (QED) is 0.760. The highest BCUT2D eigenvalue weighted by molar-refractivity contribution is 7.90. The van der Waals surface area contributed by atoms with Crippen molar-refractivity contribution in [1.29, 1.82) is 0 Å². The Morgan fingerprint density at radius 3 is 2.64 bits per heavy atom. The maximum absolute atomic E-state index is 13.0. The van der Waals surface area contributed by atoms with Crippen LogP contribution in [-0.4, -0.2) is 32.2 Å². The smallest absolute Gasteiger partial charge is 0.198 e. The van der Waals surface area contributed by atoms with Crippen molar-refractivity contribution in [3.63, 3.8) is 0 Å². The van der Waals surface area contributed by atoms with Crippen LogP contribution in [0, 0.1) is 6.92 Å². The van der Waals surface area contributed by atoms with E-state index >= 15 is 0 Å². The highest BCUT2D eigenvalue weighted by atomic mass is 32.2. The van der Waals surface area contributed by atoms with Crippen LogP contribution in [0.2, 0.25) is 0 Å². The molecular weight excluding hydrogens is 340 g/mol. The molecule has 0 atom stereocenters. The van der Waals surface area contributed by atoms with Gasteiger partial charge in [-0.1, -0.05) is 12.1 Å². The van der Waals surface area contributed by atoms with Crippen LogP contribution in [0.3, 0.4) is 0 Å². The first kappa shape index (κ1) is 17.7. The molecule has 1 aliphatic carbocycles. The van der Waals surface area contributed by atoms with E-state index in [1.54, 1.807) is 13.0 Å². The van der Waals surface area contributed by atoms with Crippen molar-refractivity contribution in [2.45, 2.75) is 43.9 Å². The molecule has 1 aliphatic rings. The second kappa shape index (κ2) is 6.63. The number of hydrogen-bond donors (Lipinski definition) is 1. The summed E-state index contributed by atoms with van der Waals surface area (Å²) in [5, 5.41) is 6.94. The molecule has 0 unspecified atom stereocenters. The van der Waals surface area contributed by atoms with Gasteiger partial charge in [0.05, 0.1) is 22.3 Å². The monoisotopic (exact) mass is 362 g/mol. The summed E-state index contributed by atoms with van der Waals surface area (Å²) in [6.45, 7) is 4.39. The van der Waals surface area contributed by atoms with Crippen molar-refractivity contribution < 1.29 is 17.7 Å². The number of hydrogen-bond acceptors (Lipinski definition) is 6. The third kappa shape index (κ3) is 3.46. The minimum absolute atomic E-state index is 0.180. The van der Waals surface area contributed by atoms with E-state index in [-0.39, 0.29) is 16.6 Å². The number of benzene rings is 1. The summed E-state index contributed by atoms with van der Waals surface area (Å²) in [6, 6.07) is 3.08. The Kier molecular flexibility index (Phi) is 4.69. The Bertz CT molecular complexity index is 911. The Balaban J connectivity index is 2.07. The Morgan fingerprint density at radius 2 is 2.04 bits per heavy atom. The van der Waals surface area contributed by atoms with Crippen LogP contribution in [0.15, 0.2) is 27.7 Å². The van der Waals surface area contributed by atoms with Gasteiger partial charge in [0.2, 0.25) is 0 Å². The summed E-state index contributed by atoms with van der Waals surface area (Å²) in [5.74, 6) is 0.731.